The molecule has 1 fully saturated rings. The predicted octanol–water partition coefficient (Wildman–Crippen LogP) is 2.51. The molecule has 0 saturated carbocycles. The number of morpholine rings is 1. The van der Waals surface area contributed by atoms with E-state index in [1.165, 1.54) is 0 Å². The Morgan fingerprint density at radius 2 is 2.00 bits per heavy atom. The molecule has 25 heavy (non-hydrogen) atoms. The zero-order valence-electron chi connectivity index (χ0n) is 14.1. The number of furan rings is 1. The van der Waals surface area contributed by atoms with E-state index in [-0.39, 0.29) is 24.4 Å². The highest BCUT2D eigenvalue weighted by molar-refractivity contribution is 5.96. The number of carbonyl (C=O) groups excluding carboxylic acids is 1. The summed E-state index contributed by atoms with van der Waals surface area (Å²) in [7, 11) is 1.56. The predicted molar refractivity (Wildman–Crippen MR) is 96.4 cm³/mol. The molecule has 7 heteroatoms. The Kier molecular flexibility index (Phi) is 7.31. The summed E-state index contributed by atoms with van der Waals surface area (Å²) in [6.07, 6.45) is 1.66. The summed E-state index contributed by atoms with van der Waals surface area (Å²) in [5.74, 6) is 1.26. The molecule has 1 aliphatic rings. The smallest absolute Gasteiger partial charge is 0.255 e. The van der Waals surface area contributed by atoms with Crippen LogP contribution in [-0.4, -0.2) is 50.8 Å². The van der Waals surface area contributed by atoms with E-state index < -0.39 is 0 Å². The van der Waals surface area contributed by atoms with Gasteiger partial charge < -0.3 is 19.2 Å². The SMILES string of the molecule is COc1ccccc1C(=O)NCC(c1ccco1)N1CCOCC1.Cl. The van der Waals surface area contributed by atoms with E-state index in [1.807, 2.05) is 24.3 Å². The zero-order valence-corrected chi connectivity index (χ0v) is 15.0. The summed E-state index contributed by atoms with van der Waals surface area (Å²) in [4.78, 5) is 14.8. The monoisotopic (exact) mass is 366 g/mol. The number of hydrogen-bond donors (Lipinski definition) is 1. The van der Waals surface area contributed by atoms with E-state index in [1.54, 1.807) is 25.5 Å². The molecular weight excluding hydrogens is 344 g/mol. The highest BCUT2D eigenvalue weighted by Crippen LogP contribution is 2.22. The number of nitrogens with zero attached hydrogens (tertiary/aromatic N) is 1. The first-order valence-corrected chi connectivity index (χ1v) is 8.06. The first-order chi connectivity index (χ1) is 11.8. The lowest BCUT2D eigenvalue weighted by Gasteiger charge is -2.33. The van der Waals surface area contributed by atoms with E-state index in [9.17, 15) is 4.79 Å². The van der Waals surface area contributed by atoms with Crippen molar-refractivity contribution in [3.63, 3.8) is 0 Å². The van der Waals surface area contributed by atoms with Gasteiger partial charge in [-0.3, -0.25) is 9.69 Å². The second kappa shape index (κ2) is 9.46. The Morgan fingerprint density at radius 1 is 1.24 bits per heavy atom. The van der Waals surface area contributed by atoms with E-state index in [0.29, 0.717) is 31.1 Å². The van der Waals surface area contributed by atoms with E-state index in [4.69, 9.17) is 13.9 Å². The topological polar surface area (TPSA) is 63.9 Å². The van der Waals surface area contributed by atoms with Crippen LogP contribution in [0.3, 0.4) is 0 Å². The van der Waals surface area contributed by atoms with E-state index in [0.717, 1.165) is 18.8 Å². The van der Waals surface area contributed by atoms with Gasteiger partial charge in [-0.25, -0.2) is 0 Å². The van der Waals surface area contributed by atoms with Gasteiger partial charge in [-0.1, -0.05) is 12.1 Å². The zero-order chi connectivity index (χ0) is 16.8. The van der Waals surface area contributed by atoms with Gasteiger partial charge in [-0.2, -0.15) is 0 Å². The number of amides is 1. The van der Waals surface area contributed by atoms with Crippen molar-refractivity contribution in [2.24, 2.45) is 0 Å². The third kappa shape index (κ3) is 4.75. The number of para-hydroxylation sites is 1. The summed E-state index contributed by atoms with van der Waals surface area (Å²) in [5, 5.41) is 3.00. The number of rotatable bonds is 6. The summed E-state index contributed by atoms with van der Waals surface area (Å²) in [6, 6.07) is 11.0. The van der Waals surface area contributed by atoms with Crippen LogP contribution in [0.1, 0.15) is 22.2 Å². The van der Waals surface area contributed by atoms with Crippen LogP contribution in [0.15, 0.2) is 47.1 Å². The highest BCUT2D eigenvalue weighted by Gasteiger charge is 2.25. The van der Waals surface area contributed by atoms with Crippen LogP contribution < -0.4 is 10.1 Å². The third-order valence-corrected chi connectivity index (χ3v) is 4.17. The van der Waals surface area contributed by atoms with Crippen molar-refractivity contribution in [2.45, 2.75) is 6.04 Å². The molecule has 6 nitrogen and oxygen atoms in total. The molecular formula is C18H23ClN2O4. The number of halogens is 1. The Balaban J connectivity index is 0.00000225. The van der Waals surface area contributed by atoms with Crippen LogP contribution >= 0.6 is 12.4 Å². The first-order valence-electron chi connectivity index (χ1n) is 8.06. The maximum atomic E-state index is 12.5. The molecule has 3 rings (SSSR count). The molecule has 1 unspecified atom stereocenters. The van der Waals surface area contributed by atoms with Crippen molar-refractivity contribution < 1.29 is 18.7 Å². The van der Waals surface area contributed by atoms with Crippen molar-refractivity contribution in [2.75, 3.05) is 40.0 Å². The van der Waals surface area contributed by atoms with Crippen LogP contribution in [0.4, 0.5) is 0 Å². The molecule has 1 atom stereocenters. The first kappa shape index (κ1) is 19.3. The molecule has 1 N–H and O–H groups in total. The van der Waals surface area contributed by atoms with Crippen LogP contribution in [0.2, 0.25) is 0 Å². The second-order valence-electron chi connectivity index (χ2n) is 5.59. The normalized spacial score (nSPS) is 15.9. The molecule has 0 bridgehead atoms. The van der Waals surface area contributed by atoms with Gasteiger partial charge in [0.25, 0.3) is 5.91 Å². The molecule has 1 saturated heterocycles. The van der Waals surface area contributed by atoms with Crippen molar-refractivity contribution in [3.05, 3.63) is 54.0 Å². The van der Waals surface area contributed by atoms with Crippen molar-refractivity contribution in [1.82, 2.24) is 10.2 Å². The number of ether oxygens (including phenoxy) is 2. The number of nitrogens with one attached hydrogen (secondary N) is 1. The number of benzene rings is 1. The lowest BCUT2D eigenvalue weighted by atomic mass is 10.1. The minimum Gasteiger partial charge on any atom is -0.496 e. The van der Waals surface area contributed by atoms with Crippen molar-refractivity contribution >= 4 is 18.3 Å². The van der Waals surface area contributed by atoms with Gasteiger partial charge >= 0.3 is 0 Å². The number of methoxy groups -OCH3 is 1. The van der Waals surface area contributed by atoms with Gasteiger partial charge in [0.1, 0.15) is 11.5 Å². The molecule has 1 aliphatic heterocycles. The lowest BCUT2D eigenvalue weighted by Crippen LogP contribution is -2.43. The summed E-state index contributed by atoms with van der Waals surface area (Å²) in [5.41, 5.74) is 0.528. The minimum absolute atomic E-state index is 0. The Bertz CT molecular complexity index is 657. The van der Waals surface area contributed by atoms with Crippen LogP contribution in [0.25, 0.3) is 0 Å². The fourth-order valence-corrected chi connectivity index (χ4v) is 2.90. The molecule has 2 aromatic rings. The minimum atomic E-state index is -0.155. The molecule has 1 amide bonds. The average Bonchev–Trinajstić information content (AvgIpc) is 3.17. The van der Waals surface area contributed by atoms with Crippen molar-refractivity contribution in [1.29, 1.82) is 0 Å². The van der Waals surface area contributed by atoms with Gasteiger partial charge in [0.2, 0.25) is 0 Å². The van der Waals surface area contributed by atoms with E-state index >= 15 is 0 Å². The van der Waals surface area contributed by atoms with E-state index in [2.05, 4.69) is 10.2 Å². The largest absolute Gasteiger partial charge is 0.496 e. The molecule has 0 spiro atoms. The van der Waals surface area contributed by atoms with Crippen molar-refractivity contribution in [3.8, 4) is 5.75 Å². The Labute approximate surface area is 153 Å². The number of carbonyl (C=O) groups is 1. The average molecular weight is 367 g/mol. The fourth-order valence-electron chi connectivity index (χ4n) is 2.90. The molecule has 1 aromatic carbocycles. The van der Waals surface area contributed by atoms with Crippen LogP contribution in [0, 0.1) is 0 Å². The lowest BCUT2D eigenvalue weighted by molar-refractivity contribution is 0.0118. The molecule has 0 radical (unpaired) electrons. The molecule has 0 aliphatic carbocycles. The summed E-state index contributed by atoms with van der Waals surface area (Å²) >= 11 is 0. The third-order valence-electron chi connectivity index (χ3n) is 4.17. The molecule has 2 heterocycles. The van der Waals surface area contributed by atoms with Gasteiger partial charge in [-0.15, -0.1) is 12.4 Å². The maximum absolute atomic E-state index is 12.5. The highest BCUT2D eigenvalue weighted by atomic mass is 35.5. The summed E-state index contributed by atoms with van der Waals surface area (Å²) < 4.78 is 16.2. The standard InChI is InChI=1S/C18H22N2O4.ClH/c1-22-16-6-3-2-5-14(16)18(21)19-13-15(17-7-4-10-24-17)20-8-11-23-12-9-20;/h2-7,10,15H,8-9,11-13H2,1H3,(H,19,21);1H. The Morgan fingerprint density at radius 3 is 2.68 bits per heavy atom. The van der Waals surface area contributed by atoms with Gasteiger partial charge in [0, 0.05) is 19.6 Å². The number of hydrogen-bond acceptors (Lipinski definition) is 5. The van der Waals surface area contributed by atoms with Crippen LogP contribution in [-0.2, 0) is 4.74 Å². The second-order valence-corrected chi connectivity index (χ2v) is 5.59. The molecule has 136 valence electrons. The maximum Gasteiger partial charge on any atom is 0.255 e. The van der Waals surface area contributed by atoms with Crippen LogP contribution in [0.5, 0.6) is 5.75 Å². The van der Waals surface area contributed by atoms with Gasteiger partial charge in [0.05, 0.1) is 38.2 Å². The van der Waals surface area contributed by atoms with Gasteiger partial charge in [0.15, 0.2) is 0 Å². The Hall–Kier alpha value is -2.02. The van der Waals surface area contributed by atoms with Gasteiger partial charge in [-0.05, 0) is 24.3 Å². The molecule has 1 aromatic heterocycles. The summed E-state index contributed by atoms with van der Waals surface area (Å²) in [6.45, 7) is 3.48. The fraction of sp³-hybridized carbons (Fsp3) is 0.389. The quantitative estimate of drug-likeness (QED) is 0.851.